The summed E-state index contributed by atoms with van der Waals surface area (Å²) in [6.07, 6.45) is -0.254. The summed E-state index contributed by atoms with van der Waals surface area (Å²) in [5, 5.41) is 2.74. The van der Waals surface area contributed by atoms with Crippen LogP contribution in [-0.4, -0.2) is 44.0 Å². The van der Waals surface area contributed by atoms with E-state index in [1.165, 1.54) is 27.0 Å². The largest absolute Gasteiger partial charge is 0.493 e. The maximum absolute atomic E-state index is 12.1. The highest BCUT2D eigenvalue weighted by molar-refractivity contribution is 5.94. The quantitative estimate of drug-likeness (QED) is 0.488. The first-order valence-electron chi connectivity index (χ1n) is 9.23. The molecule has 154 valence electrons. The number of esters is 1. The van der Waals surface area contributed by atoms with E-state index in [-0.39, 0.29) is 11.7 Å². The van der Waals surface area contributed by atoms with Crippen LogP contribution in [0.1, 0.15) is 29.8 Å². The number of hydrogen-bond acceptors (Lipinski definition) is 6. The highest BCUT2D eigenvalue weighted by Gasteiger charge is 2.18. The van der Waals surface area contributed by atoms with Crippen molar-refractivity contribution in [3.8, 4) is 11.5 Å². The van der Waals surface area contributed by atoms with Gasteiger partial charge in [0.05, 0.1) is 7.11 Å². The molecule has 0 aliphatic heterocycles. The lowest BCUT2D eigenvalue weighted by atomic mass is 10.1. The monoisotopic (exact) mass is 399 g/mol. The van der Waals surface area contributed by atoms with E-state index in [0.29, 0.717) is 30.0 Å². The summed E-state index contributed by atoms with van der Waals surface area (Å²) in [4.78, 5) is 35.5. The standard InChI is InChI=1S/C22H25NO6/c1-15(24)18-9-10-19(20(13-18)27-3)28-14-21(25)29-16(2)22(26)23-12-11-17-7-5-4-6-8-17/h4-10,13,16H,11-12,14H2,1-3H3,(H,23,26)/t16-/m1/s1. The smallest absolute Gasteiger partial charge is 0.344 e. The van der Waals surface area contributed by atoms with Crippen LogP contribution < -0.4 is 14.8 Å². The summed E-state index contributed by atoms with van der Waals surface area (Å²) in [5.41, 5.74) is 1.58. The first-order valence-corrected chi connectivity index (χ1v) is 9.23. The van der Waals surface area contributed by atoms with E-state index in [2.05, 4.69) is 5.32 Å². The van der Waals surface area contributed by atoms with Gasteiger partial charge < -0.3 is 19.5 Å². The molecule has 1 atom stereocenters. The molecule has 0 unspecified atom stereocenters. The number of carbonyl (C=O) groups is 3. The topological polar surface area (TPSA) is 90.9 Å². The van der Waals surface area contributed by atoms with Crippen molar-refractivity contribution in [2.24, 2.45) is 0 Å². The molecular formula is C22H25NO6. The lowest BCUT2D eigenvalue weighted by Gasteiger charge is -2.15. The number of methoxy groups -OCH3 is 1. The van der Waals surface area contributed by atoms with Crippen molar-refractivity contribution < 1.29 is 28.6 Å². The van der Waals surface area contributed by atoms with E-state index in [9.17, 15) is 14.4 Å². The number of carbonyl (C=O) groups excluding carboxylic acids is 3. The number of hydrogen-bond donors (Lipinski definition) is 1. The summed E-state index contributed by atoms with van der Waals surface area (Å²) in [5.74, 6) is -0.543. The van der Waals surface area contributed by atoms with Gasteiger partial charge in [-0.1, -0.05) is 30.3 Å². The number of ether oxygens (including phenoxy) is 3. The lowest BCUT2D eigenvalue weighted by Crippen LogP contribution is -2.37. The van der Waals surface area contributed by atoms with E-state index in [1.807, 2.05) is 30.3 Å². The molecule has 2 aromatic carbocycles. The molecule has 2 aromatic rings. The maximum Gasteiger partial charge on any atom is 0.344 e. The van der Waals surface area contributed by atoms with E-state index in [1.54, 1.807) is 12.1 Å². The van der Waals surface area contributed by atoms with Crippen LogP contribution in [0.3, 0.4) is 0 Å². The van der Waals surface area contributed by atoms with Gasteiger partial charge in [0.2, 0.25) is 0 Å². The molecule has 0 aliphatic rings. The van der Waals surface area contributed by atoms with Crippen LogP contribution in [0.25, 0.3) is 0 Å². The SMILES string of the molecule is COc1cc(C(C)=O)ccc1OCC(=O)O[C@H](C)C(=O)NCCc1ccccc1. The second-order valence-electron chi connectivity index (χ2n) is 6.37. The van der Waals surface area contributed by atoms with E-state index >= 15 is 0 Å². The van der Waals surface area contributed by atoms with E-state index in [0.717, 1.165) is 5.56 Å². The highest BCUT2D eigenvalue weighted by Crippen LogP contribution is 2.28. The summed E-state index contributed by atoms with van der Waals surface area (Å²) < 4.78 is 15.7. The molecule has 1 N–H and O–H groups in total. The third kappa shape index (κ3) is 6.95. The first kappa shape index (κ1) is 21.9. The van der Waals surface area contributed by atoms with E-state index < -0.39 is 18.7 Å². The Morgan fingerprint density at radius 3 is 2.41 bits per heavy atom. The highest BCUT2D eigenvalue weighted by atomic mass is 16.6. The molecule has 0 fully saturated rings. The Labute approximate surface area is 170 Å². The molecule has 0 spiro atoms. The Hall–Kier alpha value is -3.35. The number of nitrogens with one attached hydrogen (secondary N) is 1. The van der Waals surface area contributed by atoms with Gasteiger partial charge in [0.15, 0.2) is 30.0 Å². The predicted molar refractivity (Wildman–Crippen MR) is 107 cm³/mol. The summed E-state index contributed by atoms with van der Waals surface area (Å²) >= 11 is 0. The molecule has 0 radical (unpaired) electrons. The maximum atomic E-state index is 12.1. The van der Waals surface area contributed by atoms with Crippen molar-refractivity contribution in [1.29, 1.82) is 0 Å². The Bertz CT molecular complexity index is 850. The van der Waals surface area contributed by atoms with Gasteiger partial charge in [-0.15, -0.1) is 0 Å². The minimum Gasteiger partial charge on any atom is -0.493 e. The van der Waals surface area contributed by atoms with Crippen molar-refractivity contribution in [2.45, 2.75) is 26.4 Å². The fraction of sp³-hybridized carbons (Fsp3) is 0.318. The van der Waals surface area contributed by atoms with Crippen LogP contribution in [0.15, 0.2) is 48.5 Å². The predicted octanol–water partition coefficient (Wildman–Crippen LogP) is 2.57. The van der Waals surface area contributed by atoms with Crippen LogP contribution >= 0.6 is 0 Å². The Balaban J connectivity index is 1.78. The second kappa shape index (κ2) is 10.8. The number of rotatable bonds is 10. The number of benzene rings is 2. The Morgan fingerprint density at radius 2 is 1.76 bits per heavy atom. The third-order valence-electron chi connectivity index (χ3n) is 4.15. The zero-order valence-electron chi connectivity index (χ0n) is 16.8. The summed E-state index contributed by atoms with van der Waals surface area (Å²) in [6.45, 7) is 3.00. The molecule has 0 heterocycles. The number of Topliss-reactive ketones (excluding diaryl/α,β-unsaturated/α-hetero) is 1. The second-order valence-corrected chi connectivity index (χ2v) is 6.37. The Kier molecular flexibility index (Phi) is 8.21. The zero-order chi connectivity index (χ0) is 21.2. The molecule has 1 amide bonds. The molecule has 0 saturated carbocycles. The van der Waals surface area contributed by atoms with Gasteiger partial charge in [0, 0.05) is 12.1 Å². The van der Waals surface area contributed by atoms with Gasteiger partial charge in [0.25, 0.3) is 5.91 Å². The molecule has 0 aliphatic carbocycles. The first-order chi connectivity index (χ1) is 13.9. The van der Waals surface area contributed by atoms with Crippen molar-refractivity contribution in [3.05, 3.63) is 59.7 Å². The molecule has 7 nitrogen and oxygen atoms in total. The van der Waals surface area contributed by atoms with Gasteiger partial charge in [-0.05, 0) is 44.0 Å². The van der Waals surface area contributed by atoms with Crippen LogP contribution in [0.5, 0.6) is 11.5 Å². The fourth-order valence-corrected chi connectivity index (χ4v) is 2.55. The minimum absolute atomic E-state index is 0.110. The molecule has 0 bridgehead atoms. The van der Waals surface area contributed by atoms with Crippen LogP contribution in [0.2, 0.25) is 0 Å². The third-order valence-corrected chi connectivity index (χ3v) is 4.15. The van der Waals surface area contributed by atoms with Crippen molar-refractivity contribution in [1.82, 2.24) is 5.32 Å². The van der Waals surface area contributed by atoms with Gasteiger partial charge in [-0.3, -0.25) is 9.59 Å². The van der Waals surface area contributed by atoms with Crippen molar-refractivity contribution in [3.63, 3.8) is 0 Å². The Morgan fingerprint density at radius 1 is 1.03 bits per heavy atom. The number of amides is 1. The van der Waals surface area contributed by atoms with Crippen LogP contribution in [0.4, 0.5) is 0 Å². The van der Waals surface area contributed by atoms with Crippen molar-refractivity contribution >= 4 is 17.7 Å². The zero-order valence-corrected chi connectivity index (χ0v) is 16.8. The average molecular weight is 399 g/mol. The van der Waals surface area contributed by atoms with E-state index in [4.69, 9.17) is 14.2 Å². The molecule has 0 saturated heterocycles. The van der Waals surface area contributed by atoms with Gasteiger partial charge in [-0.2, -0.15) is 0 Å². The van der Waals surface area contributed by atoms with Gasteiger partial charge in [-0.25, -0.2) is 4.79 Å². The molecular weight excluding hydrogens is 374 g/mol. The van der Waals surface area contributed by atoms with Gasteiger partial charge in [0.1, 0.15) is 0 Å². The summed E-state index contributed by atoms with van der Waals surface area (Å²) in [7, 11) is 1.44. The fourth-order valence-electron chi connectivity index (χ4n) is 2.55. The van der Waals surface area contributed by atoms with Crippen molar-refractivity contribution in [2.75, 3.05) is 20.3 Å². The summed E-state index contributed by atoms with van der Waals surface area (Å²) in [6, 6.07) is 14.4. The van der Waals surface area contributed by atoms with Crippen LogP contribution in [-0.2, 0) is 20.7 Å². The molecule has 29 heavy (non-hydrogen) atoms. The normalized spacial score (nSPS) is 11.3. The minimum atomic E-state index is -0.941. The number of ketones is 1. The molecule has 7 heteroatoms. The molecule has 2 rings (SSSR count). The average Bonchev–Trinajstić information content (AvgIpc) is 2.72. The van der Waals surface area contributed by atoms with Gasteiger partial charge >= 0.3 is 5.97 Å². The van der Waals surface area contributed by atoms with Crippen LogP contribution in [0, 0.1) is 0 Å². The molecule has 0 aromatic heterocycles. The lowest BCUT2D eigenvalue weighted by molar-refractivity contribution is -0.156.